The molecule has 5 nitrogen and oxygen atoms in total. The van der Waals surface area contributed by atoms with Gasteiger partial charge in [0.15, 0.2) is 0 Å². The van der Waals surface area contributed by atoms with Crippen molar-refractivity contribution in [3.63, 3.8) is 0 Å². The number of carbonyl (C=O) groups excluding carboxylic acids is 2. The first-order valence-electron chi connectivity index (χ1n) is 7.30. The Morgan fingerprint density at radius 3 is 2.67 bits per heavy atom. The molecule has 0 aliphatic carbocycles. The molecule has 0 saturated carbocycles. The molecular formula is C15H16F4N2O3. The molecule has 1 aromatic rings. The summed E-state index contributed by atoms with van der Waals surface area (Å²) in [6.45, 7) is -1.34. The SMILES string of the molecule is O=C(NCC(F)(F)F)[C@@H]1CCCN(C(=O)c2c(O)cccc2F)C1. The number of halogens is 4. The van der Waals surface area contributed by atoms with E-state index in [1.165, 1.54) is 11.0 Å². The van der Waals surface area contributed by atoms with Gasteiger partial charge in [-0.15, -0.1) is 0 Å². The molecule has 1 atom stereocenters. The van der Waals surface area contributed by atoms with E-state index in [4.69, 9.17) is 0 Å². The second kappa shape index (κ2) is 7.06. The van der Waals surface area contributed by atoms with Gasteiger partial charge < -0.3 is 15.3 Å². The molecule has 0 aromatic heterocycles. The Morgan fingerprint density at radius 2 is 2.04 bits per heavy atom. The van der Waals surface area contributed by atoms with Crippen LogP contribution in [0.4, 0.5) is 17.6 Å². The van der Waals surface area contributed by atoms with E-state index < -0.39 is 47.6 Å². The number of nitrogens with one attached hydrogen (secondary N) is 1. The third kappa shape index (κ3) is 4.36. The average molecular weight is 348 g/mol. The van der Waals surface area contributed by atoms with Crippen molar-refractivity contribution in [2.45, 2.75) is 19.0 Å². The number of phenols is 1. The van der Waals surface area contributed by atoms with Crippen molar-refractivity contribution in [1.29, 1.82) is 0 Å². The predicted molar refractivity (Wildman–Crippen MR) is 75.8 cm³/mol. The van der Waals surface area contributed by atoms with Gasteiger partial charge in [0, 0.05) is 13.1 Å². The van der Waals surface area contributed by atoms with Crippen LogP contribution in [-0.4, -0.2) is 47.6 Å². The van der Waals surface area contributed by atoms with Crippen molar-refractivity contribution in [3.05, 3.63) is 29.6 Å². The van der Waals surface area contributed by atoms with Gasteiger partial charge in [-0.3, -0.25) is 9.59 Å². The number of likely N-dealkylation sites (tertiary alicyclic amines) is 1. The molecular weight excluding hydrogens is 332 g/mol. The highest BCUT2D eigenvalue weighted by atomic mass is 19.4. The summed E-state index contributed by atoms with van der Waals surface area (Å²) in [6.07, 6.45) is -3.79. The maximum absolute atomic E-state index is 13.8. The van der Waals surface area contributed by atoms with Crippen LogP contribution in [0.5, 0.6) is 5.75 Å². The molecule has 2 amide bonds. The van der Waals surface area contributed by atoms with E-state index in [0.29, 0.717) is 12.8 Å². The van der Waals surface area contributed by atoms with Crippen LogP contribution in [0.15, 0.2) is 18.2 Å². The topological polar surface area (TPSA) is 69.6 Å². The van der Waals surface area contributed by atoms with Crippen molar-refractivity contribution < 1.29 is 32.3 Å². The van der Waals surface area contributed by atoms with E-state index in [9.17, 15) is 32.3 Å². The second-order valence-corrected chi connectivity index (χ2v) is 5.56. The molecule has 1 fully saturated rings. The summed E-state index contributed by atoms with van der Waals surface area (Å²) in [6, 6.07) is 3.42. The summed E-state index contributed by atoms with van der Waals surface area (Å²) in [5.74, 6) is -3.83. The highest BCUT2D eigenvalue weighted by Crippen LogP contribution is 2.25. The van der Waals surface area contributed by atoms with E-state index in [1.54, 1.807) is 5.32 Å². The Kier molecular flexibility index (Phi) is 5.30. The van der Waals surface area contributed by atoms with E-state index in [-0.39, 0.29) is 13.1 Å². The Hall–Kier alpha value is -2.32. The first-order valence-corrected chi connectivity index (χ1v) is 7.30. The molecule has 1 aromatic carbocycles. The number of piperidine rings is 1. The van der Waals surface area contributed by atoms with Crippen LogP contribution < -0.4 is 5.32 Å². The van der Waals surface area contributed by atoms with Gasteiger partial charge in [0.1, 0.15) is 23.7 Å². The lowest BCUT2D eigenvalue weighted by molar-refractivity contribution is -0.141. The Bertz CT molecular complexity index is 613. The van der Waals surface area contributed by atoms with Crippen LogP contribution >= 0.6 is 0 Å². The normalized spacial score (nSPS) is 18.3. The monoisotopic (exact) mass is 348 g/mol. The lowest BCUT2D eigenvalue weighted by atomic mass is 9.96. The van der Waals surface area contributed by atoms with Gasteiger partial charge in [0.2, 0.25) is 5.91 Å². The highest BCUT2D eigenvalue weighted by Gasteiger charge is 2.33. The first kappa shape index (κ1) is 18.0. The Balaban J connectivity index is 2.05. The molecule has 9 heteroatoms. The number of hydrogen-bond acceptors (Lipinski definition) is 3. The summed E-state index contributed by atoms with van der Waals surface area (Å²) < 4.78 is 50.2. The van der Waals surface area contributed by atoms with Crippen LogP contribution in [0, 0.1) is 11.7 Å². The molecule has 1 saturated heterocycles. The van der Waals surface area contributed by atoms with Crippen molar-refractivity contribution in [3.8, 4) is 5.75 Å². The number of carbonyl (C=O) groups is 2. The predicted octanol–water partition coefficient (Wildman–Crippen LogP) is 2.06. The van der Waals surface area contributed by atoms with Crippen molar-refractivity contribution in [1.82, 2.24) is 10.2 Å². The smallest absolute Gasteiger partial charge is 0.405 e. The number of hydrogen-bond donors (Lipinski definition) is 2. The second-order valence-electron chi connectivity index (χ2n) is 5.56. The van der Waals surface area contributed by atoms with Crippen LogP contribution in [-0.2, 0) is 4.79 Å². The lowest BCUT2D eigenvalue weighted by Gasteiger charge is -2.32. The minimum Gasteiger partial charge on any atom is -0.507 e. The Morgan fingerprint density at radius 1 is 1.33 bits per heavy atom. The van der Waals surface area contributed by atoms with Gasteiger partial charge >= 0.3 is 6.18 Å². The van der Waals surface area contributed by atoms with Crippen molar-refractivity contribution >= 4 is 11.8 Å². The quantitative estimate of drug-likeness (QED) is 0.822. The fourth-order valence-electron chi connectivity index (χ4n) is 2.59. The molecule has 0 bridgehead atoms. The maximum atomic E-state index is 13.8. The summed E-state index contributed by atoms with van der Waals surface area (Å²) in [7, 11) is 0. The number of rotatable bonds is 3. The minimum atomic E-state index is -4.52. The minimum absolute atomic E-state index is 0.129. The molecule has 1 heterocycles. The number of nitrogens with zero attached hydrogens (tertiary/aromatic N) is 1. The zero-order chi connectivity index (χ0) is 17.9. The average Bonchev–Trinajstić information content (AvgIpc) is 2.51. The maximum Gasteiger partial charge on any atom is 0.405 e. The van der Waals surface area contributed by atoms with Crippen molar-refractivity contribution in [2.24, 2.45) is 5.92 Å². The number of phenolic OH excluding ortho intramolecular Hbond substituents is 1. The van der Waals surface area contributed by atoms with Crippen LogP contribution in [0.25, 0.3) is 0 Å². The molecule has 2 N–H and O–H groups in total. The van der Waals surface area contributed by atoms with Crippen LogP contribution in [0.2, 0.25) is 0 Å². The molecule has 0 radical (unpaired) electrons. The molecule has 24 heavy (non-hydrogen) atoms. The van der Waals surface area contributed by atoms with E-state index in [2.05, 4.69) is 0 Å². The Labute approximate surface area is 135 Å². The van der Waals surface area contributed by atoms with Crippen LogP contribution in [0.1, 0.15) is 23.2 Å². The number of aromatic hydroxyl groups is 1. The lowest BCUT2D eigenvalue weighted by Crippen LogP contribution is -2.47. The van der Waals surface area contributed by atoms with E-state index >= 15 is 0 Å². The summed E-state index contributed by atoms with van der Waals surface area (Å²) in [4.78, 5) is 25.3. The van der Waals surface area contributed by atoms with E-state index in [0.717, 1.165) is 12.1 Å². The standard InChI is InChI=1S/C15H16F4N2O3/c16-10-4-1-5-11(22)12(10)14(24)21-6-2-3-9(7-21)13(23)20-8-15(17,18)19/h1,4-5,9,22H,2-3,6-8H2,(H,20,23)/t9-/m1/s1. The molecule has 0 unspecified atom stereocenters. The fraction of sp³-hybridized carbons (Fsp3) is 0.467. The molecule has 1 aliphatic rings. The van der Waals surface area contributed by atoms with Gasteiger partial charge in [-0.05, 0) is 25.0 Å². The molecule has 132 valence electrons. The largest absolute Gasteiger partial charge is 0.507 e. The van der Waals surface area contributed by atoms with Gasteiger partial charge in [-0.1, -0.05) is 6.07 Å². The molecule has 2 rings (SSSR count). The number of alkyl halides is 3. The molecule has 0 spiro atoms. The summed E-state index contributed by atoms with van der Waals surface area (Å²) in [5.41, 5.74) is -0.506. The van der Waals surface area contributed by atoms with E-state index in [1.807, 2.05) is 0 Å². The van der Waals surface area contributed by atoms with Gasteiger partial charge in [0.25, 0.3) is 5.91 Å². The van der Waals surface area contributed by atoms with Crippen molar-refractivity contribution in [2.75, 3.05) is 19.6 Å². The fourth-order valence-corrected chi connectivity index (χ4v) is 2.59. The zero-order valence-corrected chi connectivity index (χ0v) is 12.6. The number of amides is 2. The molecule has 1 aliphatic heterocycles. The van der Waals surface area contributed by atoms with Gasteiger partial charge in [-0.25, -0.2) is 4.39 Å². The van der Waals surface area contributed by atoms with Gasteiger partial charge in [-0.2, -0.15) is 13.2 Å². The summed E-state index contributed by atoms with van der Waals surface area (Å²) >= 11 is 0. The van der Waals surface area contributed by atoms with Crippen LogP contribution in [0.3, 0.4) is 0 Å². The first-order chi connectivity index (χ1) is 11.2. The third-order valence-electron chi connectivity index (χ3n) is 3.75. The van der Waals surface area contributed by atoms with Gasteiger partial charge in [0.05, 0.1) is 5.92 Å². The number of benzene rings is 1. The highest BCUT2D eigenvalue weighted by molar-refractivity contribution is 5.97. The zero-order valence-electron chi connectivity index (χ0n) is 12.6. The summed E-state index contributed by atoms with van der Waals surface area (Å²) in [5, 5.41) is 11.4. The third-order valence-corrected chi connectivity index (χ3v) is 3.75.